The van der Waals surface area contributed by atoms with Crippen LogP contribution in [0.2, 0.25) is 5.02 Å². The lowest BCUT2D eigenvalue weighted by Gasteiger charge is -2.26. The number of aromatic nitrogens is 1. The van der Waals surface area contributed by atoms with Crippen LogP contribution in [0.4, 0.5) is 33.5 Å². The molecule has 5 rings (SSSR count). The Bertz CT molecular complexity index is 1500. The lowest BCUT2D eigenvalue weighted by atomic mass is 9.92. The molecule has 2 aromatic carbocycles. The van der Waals surface area contributed by atoms with Gasteiger partial charge in [-0.1, -0.05) is 11.6 Å². The van der Waals surface area contributed by atoms with Gasteiger partial charge < -0.3 is 20.1 Å². The normalized spacial score (nSPS) is 20.8. The molecule has 2 aliphatic rings. The third kappa shape index (κ3) is 5.71. The van der Waals surface area contributed by atoms with Crippen LogP contribution in [-0.4, -0.2) is 60.8 Å². The molecule has 3 atom stereocenters. The van der Waals surface area contributed by atoms with E-state index < -0.39 is 71.3 Å². The van der Waals surface area contributed by atoms with Crippen LogP contribution >= 0.6 is 11.6 Å². The third-order valence-corrected chi connectivity index (χ3v) is 7.52. The number of pyridine rings is 1. The summed E-state index contributed by atoms with van der Waals surface area (Å²) in [4.78, 5) is 33.2. The Hall–Kier alpha value is -3.97. The average molecular weight is 611 g/mol. The molecule has 8 nitrogen and oxygen atoms in total. The number of β-amino-alcohol motifs (C(OH)–C–C–N with tert-alkyl or cyclic N) is 1. The van der Waals surface area contributed by atoms with Crippen LogP contribution < -0.4 is 19.9 Å². The number of nitrogens with zero attached hydrogens (tertiary/aromatic N) is 3. The zero-order chi connectivity index (χ0) is 30.3. The van der Waals surface area contributed by atoms with E-state index in [1.54, 1.807) is 4.90 Å². The van der Waals surface area contributed by atoms with Crippen molar-refractivity contribution in [3.63, 3.8) is 0 Å². The van der Waals surface area contributed by atoms with Crippen LogP contribution in [-0.2, 0) is 11.0 Å². The molecule has 222 valence electrons. The number of amides is 2. The Kier molecular flexibility index (Phi) is 7.99. The highest BCUT2D eigenvalue weighted by Crippen LogP contribution is 2.41. The van der Waals surface area contributed by atoms with E-state index >= 15 is 8.78 Å². The molecular formula is C28H24ClF5N4O4. The van der Waals surface area contributed by atoms with E-state index in [1.165, 1.54) is 31.4 Å². The fraction of sp³-hybridized carbons (Fsp3) is 0.321. The molecule has 0 unspecified atom stereocenters. The third-order valence-electron chi connectivity index (χ3n) is 7.27. The molecule has 0 saturated carbocycles. The first kappa shape index (κ1) is 29.5. The second-order valence-corrected chi connectivity index (χ2v) is 10.4. The van der Waals surface area contributed by atoms with E-state index in [0.29, 0.717) is 11.4 Å². The Balaban J connectivity index is 1.61. The van der Waals surface area contributed by atoms with Crippen LogP contribution in [0.1, 0.15) is 34.0 Å². The van der Waals surface area contributed by atoms with E-state index in [0.717, 1.165) is 29.2 Å². The number of rotatable bonds is 6. The van der Waals surface area contributed by atoms with Crippen molar-refractivity contribution in [3.05, 3.63) is 82.0 Å². The maximum Gasteiger partial charge on any atom is 0.433 e. The molecule has 0 spiro atoms. The van der Waals surface area contributed by atoms with Crippen molar-refractivity contribution in [1.82, 2.24) is 10.3 Å². The summed E-state index contributed by atoms with van der Waals surface area (Å²) in [5.41, 5.74) is -1.64. The van der Waals surface area contributed by atoms with E-state index in [9.17, 15) is 27.9 Å². The molecule has 2 saturated heterocycles. The second kappa shape index (κ2) is 11.4. The lowest BCUT2D eigenvalue weighted by molar-refractivity contribution is -0.141. The number of aliphatic hydroxyl groups is 1. The number of carbonyl (C=O) groups excluding carboxylic acids is 2. The first-order valence-electron chi connectivity index (χ1n) is 12.8. The standard InChI is InChI=1S/C28H24ClF5N4O4/c1-42-17-10-19(30)23(20(31)11-17)18-13-38(27(41)24(18)36-26(40)14-2-4-15(29)5-3-14)25-21(37-9-8-16(39)12-37)6-7-22(35-25)28(32,33)34/h2-7,10-11,16,18,24,39H,8-9,12-13H2,1H3,(H,36,40)/t16-,18-,24-/m0/s1. The van der Waals surface area contributed by atoms with Crippen molar-refractivity contribution >= 4 is 34.9 Å². The summed E-state index contributed by atoms with van der Waals surface area (Å²) in [5, 5.41) is 12.9. The van der Waals surface area contributed by atoms with Crippen LogP contribution in [0.25, 0.3) is 0 Å². The highest BCUT2D eigenvalue weighted by Gasteiger charge is 2.47. The molecule has 1 aromatic heterocycles. The van der Waals surface area contributed by atoms with Gasteiger partial charge in [-0.3, -0.25) is 14.5 Å². The minimum absolute atomic E-state index is 0.0734. The monoisotopic (exact) mass is 610 g/mol. The first-order chi connectivity index (χ1) is 19.9. The van der Waals surface area contributed by atoms with Crippen LogP contribution in [0.3, 0.4) is 0 Å². The van der Waals surface area contributed by atoms with E-state index in [4.69, 9.17) is 16.3 Å². The van der Waals surface area contributed by atoms with Gasteiger partial charge >= 0.3 is 6.18 Å². The van der Waals surface area contributed by atoms with E-state index in [2.05, 4.69) is 10.3 Å². The summed E-state index contributed by atoms with van der Waals surface area (Å²) in [5.74, 6) is -5.75. The maximum atomic E-state index is 15.3. The smallest absolute Gasteiger partial charge is 0.433 e. The zero-order valence-electron chi connectivity index (χ0n) is 22.0. The molecule has 2 amide bonds. The largest absolute Gasteiger partial charge is 0.497 e. The Morgan fingerprint density at radius 3 is 2.33 bits per heavy atom. The maximum absolute atomic E-state index is 15.3. The fourth-order valence-corrected chi connectivity index (χ4v) is 5.33. The van der Waals surface area contributed by atoms with Gasteiger partial charge in [-0.2, -0.15) is 13.2 Å². The number of methoxy groups -OCH3 is 1. The number of benzene rings is 2. The number of carbonyl (C=O) groups is 2. The molecule has 0 radical (unpaired) electrons. The zero-order valence-corrected chi connectivity index (χ0v) is 22.7. The molecule has 2 fully saturated rings. The van der Waals surface area contributed by atoms with Crippen molar-refractivity contribution < 1.29 is 41.4 Å². The topological polar surface area (TPSA) is 95.0 Å². The number of anilines is 2. The molecule has 2 aliphatic heterocycles. The summed E-state index contributed by atoms with van der Waals surface area (Å²) in [6.45, 7) is -0.169. The summed E-state index contributed by atoms with van der Waals surface area (Å²) < 4.78 is 76.6. The number of hydrogen-bond donors (Lipinski definition) is 2. The van der Waals surface area contributed by atoms with Gasteiger partial charge in [0.1, 0.15) is 29.1 Å². The summed E-state index contributed by atoms with van der Waals surface area (Å²) in [6.07, 6.45) is -5.29. The van der Waals surface area contributed by atoms with Gasteiger partial charge in [-0.25, -0.2) is 13.8 Å². The number of hydrogen-bond acceptors (Lipinski definition) is 6. The van der Waals surface area contributed by atoms with Crippen LogP contribution in [0.5, 0.6) is 5.75 Å². The van der Waals surface area contributed by atoms with Gasteiger partial charge in [0.05, 0.1) is 18.9 Å². The number of alkyl halides is 3. The average Bonchev–Trinajstić information content (AvgIpc) is 3.51. The van der Waals surface area contributed by atoms with E-state index in [1.807, 2.05) is 0 Å². The minimum atomic E-state index is -4.86. The van der Waals surface area contributed by atoms with E-state index in [-0.39, 0.29) is 30.1 Å². The number of ether oxygens (including phenoxy) is 1. The Labute approximate surface area is 241 Å². The molecule has 0 bridgehead atoms. The van der Waals surface area contributed by atoms with Gasteiger partial charge in [0.15, 0.2) is 5.82 Å². The summed E-state index contributed by atoms with van der Waals surface area (Å²) in [6, 6.07) is 7.74. The van der Waals surface area contributed by atoms with Crippen LogP contribution in [0.15, 0.2) is 48.5 Å². The number of halogens is 6. The lowest BCUT2D eigenvalue weighted by Crippen LogP contribution is -2.44. The van der Waals surface area contributed by atoms with Gasteiger partial charge in [-0.05, 0) is 42.8 Å². The molecule has 3 aromatic rings. The van der Waals surface area contributed by atoms with Crippen molar-refractivity contribution in [2.75, 3.05) is 36.5 Å². The van der Waals surface area contributed by atoms with Crippen molar-refractivity contribution in [2.24, 2.45) is 0 Å². The molecule has 2 N–H and O–H groups in total. The predicted octanol–water partition coefficient (Wildman–Crippen LogP) is 4.54. The Morgan fingerprint density at radius 2 is 1.76 bits per heavy atom. The Morgan fingerprint density at radius 1 is 1.10 bits per heavy atom. The number of aliphatic hydroxyl groups excluding tert-OH is 1. The predicted molar refractivity (Wildman–Crippen MR) is 143 cm³/mol. The van der Waals surface area contributed by atoms with Crippen molar-refractivity contribution in [3.8, 4) is 5.75 Å². The number of nitrogens with one attached hydrogen (secondary N) is 1. The first-order valence-corrected chi connectivity index (χ1v) is 13.2. The highest BCUT2D eigenvalue weighted by atomic mass is 35.5. The molecular weight excluding hydrogens is 587 g/mol. The van der Waals surface area contributed by atoms with Crippen LogP contribution in [0, 0.1) is 11.6 Å². The second-order valence-electron chi connectivity index (χ2n) is 9.94. The molecule has 14 heteroatoms. The summed E-state index contributed by atoms with van der Waals surface area (Å²) >= 11 is 5.89. The fourth-order valence-electron chi connectivity index (χ4n) is 5.21. The molecule has 0 aliphatic carbocycles. The quantitative estimate of drug-likeness (QED) is 0.398. The summed E-state index contributed by atoms with van der Waals surface area (Å²) in [7, 11) is 1.21. The van der Waals surface area contributed by atoms with Gasteiger partial charge in [0.2, 0.25) is 0 Å². The minimum Gasteiger partial charge on any atom is -0.497 e. The van der Waals surface area contributed by atoms with Crippen molar-refractivity contribution in [2.45, 2.75) is 30.7 Å². The van der Waals surface area contributed by atoms with Gasteiger partial charge in [0, 0.05) is 53.8 Å². The molecule has 3 heterocycles. The van der Waals surface area contributed by atoms with Gasteiger partial charge in [-0.15, -0.1) is 0 Å². The van der Waals surface area contributed by atoms with Gasteiger partial charge in [0.25, 0.3) is 11.8 Å². The SMILES string of the molecule is COc1cc(F)c([C@@H]2CN(c3nc(C(F)(F)F)ccc3N3CC[C@H](O)C3)C(=O)[C@H]2NC(=O)c2ccc(Cl)cc2)c(F)c1. The highest BCUT2D eigenvalue weighted by molar-refractivity contribution is 6.30. The van der Waals surface area contributed by atoms with Crippen molar-refractivity contribution in [1.29, 1.82) is 0 Å². The molecule has 42 heavy (non-hydrogen) atoms.